The Kier molecular flexibility index (Phi) is 38.4. The van der Waals surface area contributed by atoms with Gasteiger partial charge >= 0.3 is 5.97 Å². The number of hydrogen-bond donors (Lipinski definition) is 1. The van der Waals surface area contributed by atoms with Crippen LogP contribution in [-0.4, -0.2) is 128 Å². The summed E-state index contributed by atoms with van der Waals surface area (Å²) < 4.78 is 3.04. The minimum Gasteiger partial charge on any atom is -0.478 e. The van der Waals surface area contributed by atoms with Crippen molar-refractivity contribution in [2.24, 2.45) is 0 Å². The van der Waals surface area contributed by atoms with Crippen molar-refractivity contribution in [2.75, 3.05) is 14.1 Å². The van der Waals surface area contributed by atoms with Crippen LogP contribution in [0.2, 0.25) is 0 Å². The van der Waals surface area contributed by atoms with Crippen LogP contribution in [0.1, 0.15) is 86.2 Å². The highest BCUT2D eigenvalue weighted by Gasteiger charge is 2.11. The summed E-state index contributed by atoms with van der Waals surface area (Å²) in [4.78, 5) is 75.2. The van der Waals surface area contributed by atoms with Crippen molar-refractivity contribution in [1.29, 1.82) is 0 Å². The number of carboxylic acids is 1. The van der Waals surface area contributed by atoms with Gasteiger partial charge in [0.05, 0.1) is 47.0 Å². The molecule has 0 amide bonds. The van der Waals surface area contributed by atoms with Gasteiger partial charge in [-0.2, -0.15) is 0 Å². The highest BCUT2D eigenvalue weighted by atomic mass is 79.9. The van der Waals surface area contributed by atoms with Crippen LogP contribution >= 0.6 is 104 Å². The van der Waals surface area contributed by atoms with E-state index in [2.05, 4.69) is 126 Å². The maximum atomic E-state index is 11.4. The van der Waals surface area contributed by atoms with Crippen molar-refractivity contribution < 1.29 is 24.3 Å². The molecule has 8 aromatic heterocycles. The molecular formula is C54H52B7Br3N7O5S5. The molecule has 0 bridgehead atoms. The van der Waals surface area contributed by atoms with E-state index >= 15 is 0 Å². The van der Waals surface area contributed by atoms with Crippen LogP contribution in [0.25, 0.3) is 31.7 Å². The Balaban J connectivity index is 0.000000935. The fourth-order valence-corrected chi connectivity index (χ4v) is 10.8. The Morgan fingerprint density at radius 2 is 1.01 bits per heavy atom. The molecule has 0 fully saturated rings. The van der Waals surface area contributed by atoms with Crippen LogP contribution < -0.4 is 0 Å². The van der Waals surface area contributed by atoms with Crippen molar-refractivity contribution in [1.82, 2.24) is 34.8 Å². The molecule has 0 saturated carbocycles. The molecule has 1 N–H and O–H groups in total. The Morgan fingerprint density at radius 3 is 1.30 bits per heavy atom. The van der Waals surface area contributed by atoms with Crippen LogP contribution in [0, 0.1) is 20.8 Å². The Labute approximate surface area is 528 Å². The number of carboxylic acid groups (broad SMARTS) is 1. The lowest BCUT2D eigenvalue weighted by molar-refractivity contribution is 0.0696. The lowest BCUT2D eigenvalue weighted by atomic mass is 8.76. The zero-order valence-corrected chi connectivity index (χ0v) is 52.6. The van der Waals surface area contributed by atoms with E-state index in [9.17, 15) is 19.2 Å². The minimum absolute atomic E-state index is 0. The van der Waals surface area contributed by atoms with Gasteiger partial charge in [0, 0.05) is 142 Å². The zero-order valence-electron chi connectivity index (χ0n) is 43.7. The van der Waals surface area contributed by atoms with Crippen LogP contribution in [-0.2, 0) is 0 Å². The summed E-state index contributed by atoms with van der Waals surface area (Å²) in [7, 11) is 25.4. The fraction of sp³-hybridized carbons (Fsp3) is 0.167. The second-order valence-corrected chi connectivity index (χ2v) is 22.7. The Bertz CT molecular complexity index is 3370. The second kappa shape index (κ2) is 41.3. The van der Waals surface area contributed by atoms with Gasteiger partial charge < -0.3 is 10.0 Å². The van der Waals surface area contributed by atoms with Crippen LogP contribution in [0.4, 0.5) is 0 Å². The lowest BCUT2D eigenvalue weighted by Crippen LogP contribution is -2.43. The smallest absolute Gasteiger partial charge is 0.336 e. The number of ketones is 3. The molecule has 0 aliphatic heterocycles. The molecule has 8 aromatic rings. The molecule has 0 saturated heterocycles. The van der Waals surface area contributed by atoms with Crippen LogP contribution in [0.5, 0.6) is 0 Å². The zero-order chi connectivity index (χ0) is 59.0. The number of nitrogens with zero attached hydrogens (tertiary/aromatic N) is 7. The number of allylic oxidation sites excluding steroid dienone is 1. The van der Waals surface area contributed by atoms with Gasteiger partial charge in [0.2, 0.25) is 0 Å². The van der Waals surface area contributed by atoms with Gasteiger partial charge in [-0.05, 0) is 161 Å². The largest absolute Gasteiger partial charge is 0.478 e. The molecule has 8 rings (SSSR count). The first-order valence-corrected chi connectivity index (χ1v) is 29.3. The lowest BCUT2D eigenvalue weighted by Gasteiger charge is -2.05. The van der Waals surface area contributed by atoms with Crippen molar-refractivity contribution >= 4 is 179 Å². The first kappa shape index (κ1) is 75.3. The third-order valence-corrected chi connectivity index (χ3v) is 15.8. The quantitative estimate of drug-likeness (QED) is 0.0564. The molecule has 0 spiro atoms. The van der Waals surface area contributed by atoms with Gasteiger partial charge in [-0.1, -0.05) is 26.3 Å². The van der Waals surface area contributed by atoms with Gasteiger partial charge in [-0.25, -0.2) is 34.7 Å². The Hall–Kier alpha value is -5.71. The van der Waals surface area contributed by atoms with E-state index < -0.39 is 12.4 Å². The van der Waals surface area contributed by atoms with Gasteiger partial charge in [0.1, 0.15) is 17.5 Å². The molecular weight excluding hydrogens is 1300 g/mol. The molecule has 405 valence electrons. The van der Waals surface area contributed by atoms with Gasteiger partial charge in [0.25, 0.3) is 0 Å². The summed E-state index contributed by atoms with van der Waals surface area (Å²) in [5.74, 6) is 1.58. The maximum absolute atomic E-state index is 11.4. The molecule has 8 heterocycles. The topological polar surface area (TPSA) is 169 Å². The number of carbonyl (C=O) groups excluding carboxylic acids is 3. The second-order valence-electron chi connectivity index (χ2n) is 15.4. The SMILES string of the molecule is C.C.C=C=C=C=C=C=C.CC(=O)c1cc(Br)cs1.CC(=O)c1csc(-c2ccnc(C)n2)c1.CN(C)C=CC(=O)c1cc(Br)cs1.Cc1nccc(-c2cc(Br)cs2)n1.Cc1nccc(-c2cc(C(=O)O)cs2)n1.[B][B]B([B])B([B])[B]. The number of halogens is 3. The number of rotatable bonds is 11. The van der Waals surface area contributed by atoms with E-state index in [4.69, 9.17) is 36.1 Å². The molecule has 81 heavy (non-hydrogen) atoms. The van der Waals surface area contributed by atoms with E-state index in [-0.39, 0.29) is 38.6 Å². The number of Topliss-reactive ketones (excluding diaryl/α,β-unsaturated/α-hetero) is 2. The highest BCUT2D eigenvalue weighted by molar-refractivity contribution is 9.11. The predicted octanol–water partition coefficient (Wildman–Crippen LogP) is 13.9. The standard InChI is InChI=1S/C11H10N2OS.C10H8N2O2S.C9H7BrN2S.C9H10BrNOS.C7H4.C6H5BrOS.2CH4.B7/c1-7(14)9-5-11(15-6-9)10-3-4-12-8(2)13-10;1-6-11-3-2-8(12-6)9-4-7(5-15-9)10(13)14;1-6-11-3-2-8(12-6)9-4-7(10)5-13-9;1-11(2)4-3-8(12)9-5-7(10)6-13-9;1-3-5-7-6-4-2;1-4(8)6-2-5(7)3-9-6;;;1-5-7(4)6(2)3/h3-6H,1-2H3;2-5H,1H3,(H,13,14);2-5H,1H3;3-6H,1-2H3;1-2H2;2-3H,1H3;2*1H4;. The molecule has 0 unspecified atom stereocenters. The number of aryl methyl sites for hydroxylation is 3. The molecule has 0 aliphatic carbocycles. The maximum Gasteiger partial charge on any atom is 0.336 e. The van der Waals surface area contributed by atoms with Crippen molar-refractivity contribution in [3.05, 3.63) is 200 Å². The number of hydrogen-bond acceptors (Lipinski definition) is 16. The van der Waals surface area contributed by atoms with E-state index in [1.54, 1.807) is 80.5 Å². The van der Waals surface area contributed by atoms with Gasteiger partial charge in [-0.15, -0.1) is 56.7 Å². The predicted molar refractivity (Wildman–Crippen MR) is 359 cm³/mol. The molecule has 12 nitrogen and oxygen atoms in total. The third-order valence-electron chi connectivity index (χ3n) is 8.72. The average Bonchev–Trinajstić information content (AvgIpc) is 4.31. The van der Waals surface area contributed by atoms with Crippen molar-refractivity contribution in [2.45, 2.75) is 49.5 Å². The summed E-state index contributed by atoms with van der Waals surface area (Å²) in [5, 5.41) is 18.1. The van der Waals surface area contributed by atoms with Crippen molar-refractivity contribution in [3.63, 3.8) is 0 Å². The third kappa shape index (κ3) is 30.8. The van der Waals surface area contributed by atoms with Gasteiger partial charge in [0.15, 0.2) is 17.3 Å². The van der Waals surface area contributed by atoms with Crippen molar-refractivity contribution in [3.8, 4) is 31.7 Å². The van der Waals surface area contributed by atoms with E-state index in [1.807, 2.05) is 84.7 Å². The normalized spacial score (nSPS) is 9.16. The van der Waals surface area contributed by atoms with E-state index in [0.717, 1.165) is 72.1 Å². The minimum atomic E-state index is -0.914. The van der Waals surface area contributed by atoms with Crippen LogP contribution in [0.3, 0.4) is 0 Å². The summed E-state index contributed by atoms with van der Waals surface area (Å²) in [6, 6.07) is 14.7. The highest BCUT2D eigenvalue weighted by Crippen LogP contribution is 2.29. The summed E-state index contributed by atoms with van der Waals surface area (Å²) in [6.45, 7) is 15.2. The monoisotopic (exact) mass is 1350 g/mol. The first-order chi connectivity index (χ1) is 37.5. The number of thiophene rings is 5. The molecule has 9 radical (unpaired) electrons. The number of carbonyl (C=O) groups is 4. The Morgan fingerprint density at radius 1 is 0.617 bits per heavy atom. The molecule has 27 heteroatoms. The summed E-state index contributed by atoms with van der Waals surface area (Å²) in [5.41, 5.74) is 15.7. The molecule has 0 atom stereocenters. The number of aromatic carboxylic acids is 1. The van der Waals surface area contributed by atoms with Gasteiger partial charge in [-0.3, -0.25) is 14.4 Å². The van der Waals surface area contributed by atoms with E-state index in [1.165, 1.54) is 52.4 Å². The van der Waals surface area contributed by atoms with E-state index in [0.29, 0.717) is 11.4 Å². The molecule has 0 aliphatic rings. The first-order valence-electron chi connectivity index (χ1n) is 22.5. The molecule has 0 aromatic carbocycles. The average molecular weight is 1350 g/mol. The summed E-state index contributed by atoms with van der Waals surface area (Å²) in [6.07, 6.45) is 7.56. The van der Waals surface area contributed by atoms with Crippen LogP contribution in [0.15, 0.2) is 162 Å². The fourth-order valence-electron chi connectivity index (χ4n) is 4.95. The number of aromatic nitrogens is 6. The summed E-state index contributed by atoms with van der Waals surface area (Å²) >= 11 is 17.5.